The molecule has 0 amide bonds. The lowest BCUT2D eigenvalue weighted by molar-refractivity contribution is 0.403. The summed E-state index contributed by atoms with van der Waals surface area (Å²) in [6, 6.07) is 48.6. The quantitative estimate of drug-likeness (QED) is 0.104. The van der Waals surface area contributed by atoms with Crippen molar-refractivity contribution in [1.82, 2.24) is 4.57 Å². The summed E-state index contributed by atoms with van der Waals surface area (Å²) >= 11 is 0. The number of benzene rings is 7. The highest BCUT2D eigenvalue weighted by molar-refractivity contribution is 6.25. The second-order valence-corrected chi connectivity index (χ2v) is 14.5. The lowest BCUT2D eigenvalue weighted by atomic mass is 9.70. The summed E-state index contributed by atoms with van der Waals surface area (Å²) < 4.78 is 2.56. The fourth-order valence-corrected chi connectivity index (χ4v) is 9.42. The third-order valence-corrected chi connectivity index (χ3v) is 11.7. The van der Waals surface area contributed by atoms with Crippen LogP contribution in [-0.4, -0.2) is 4.57 Å². The summed E-state index contributed by atoms with van der Waals surface area (Å²) in [4.78, 5) is 0. The third kappa shape index (κ3) is 4.66. The number of rotatable bonds is 10. The Labute approximate surface area is 290 Å². The zero-order chi connectivity index (χ0) is 33.0. The Morgan fingerprint density at radius 1 is 0.408 bits per heavy atom. The van der Waals surface area contributed by atoms with Crippen molar-refractivity contribution in [3.63, 3.8) is 0 Å². The smallest absolute Gasteiger partial charge is 0.0544 e. The van der Waals surface area contributed by atoms with Gasteiger partial charge < -0.3 is 4.57 Å². The average molecular weight is 636 g/mol. The molecule has 1 unspecified atom stereocenters. The Kier molecular flexibility index (Phi) is 7.53. The molecular formula is C48H45N. The van der Waals surface area contributed by atoms with Gasteiger partial charge in [0.05, 0.1) is 11.0 Å². The predicted octanol–water partition coefficient (Wildman–Crippen LogP) is 14.1. The third-order valence-electron chi connectivity index (χ3n) is 11.7. The van der Waals surface area contributed by atoms with Gasteiger partial charge in [0.25, 0.3) is 0 Å². The summed E-state index contributed by atoms with van der Waals surface area (Å²) in [6.07, 6.45) is 11.4. The van der Waals surface area contributed by atoms with Gasteiger partial charge in [-0.2, -0.15) is 0 Å². The number of aromatic nitrogens is 1. The zero-order valence-corrected chi connectivity index (χ0v) is 28.9. The summed E-state index contributed by atoms with van der Waals surface area (Å²) in [6.45, 7) is 4.66. The molecule has 0 fully saturated rings. The molecule has 1 heteroatoms. The predicted molar refractivity (Wildman–Crippen MR) is 212 cm³/mol. The Balaban J connectivity index is 1.32. The number of hydrogen-bond donors (Lipinski definition) is 0. The number of nitrogens with zero attached hydrogens (tertiary/aromatic N) is 1. The van der Waals surface area contributed by atoms with Gasteiger partial charge in [0, 0.05) is 21.9 Å². The normalized spacial score (nSPS) is 15.6. The maximum Gasteiger partial charge on any atom is 0.0544 e. The molecule has 1 atom stereocenters. The molecule has 1 aliphatic carbocycles. The van der Waals surface area contributed by atoms with Crippen molar-refractivity contribution in [3.05, 3.63) is 139 Å². The van der Waals surface area contributed by atoms with Crippen LogP contribution in [0.4, 0.5) is 0 Å². The second-order valence-electron chi connectivity index (χ2n) is 14.5. The molecule has 0 aliphatic heterocycles. The molecule has 0 N–H and O–H groups in total. The lowest BCUT2D eigenvalue weighted by Gasteiger charge is -2.33. The van der Waals surface area contributed by atoms with Gasteiger partial charge in [-0.1, -0.05) is 156 Å². The van der Waals surface area contributed by atoms with Crippen LogP contribution in [0.25, 0.3) is 70.9 Å². The topological polar surface area (TPSA) is 4.93 Å². The van der Waals surface area contributed by atoms with E-state index >= 15 is 0 Å². The average Bonchev–Trinajstić information content (AvgIpc) is 3.62. The maximum absolute atomic E-state index is 2.62. The van der Waals surface area contributed by atoms with Crippen LogP contribution in [0.5, 0.6) is 0 Å². The number of para-hydroxylation sites is 1. The van der Waals surface area contributed by atoms with Gasteiger partial charge in [-0.25, -0.2) is 0 Å². The molecule has 1 aromatic heterocycles. The first-order valence-corrected chi connectivity index (χ1v) is 18.7. The van der Waals surface area contributed by atoms with Crippen molar-refractivity contribution in [2.24, 2.45) is 0 Å². The standard InChI is InChI=1S/C48H45N/c1-3-5-7-17-29-48(28-16-6-4-2)44-24-14-12-22-39(44)42-31-43-40-23-13-15-25-46(40)49(47(43)32-45(42)48)33-26-27-38-36-20-9-8-18-34(36)35-19-10-11-21-37(35)41(38)30-33/h8-15,18-27,30-32H,3-7,16-17,28-29H2,1-2H3. The first-order valence-electron chi connectivity index (χ1n) is 18.7. The molecule has 7 aromatic carbocycles. The highest BCUT2D eigenvalue weighted by atomic mass is 15.0. The van der Waals surface area contributed by atoms with Crippen molar-refractivity contribution < 1.29 is 0 Å². The van der Waals surface area contributed by atoms with Gasteiger partial charge in [0.2, 0.25) is 0 Å². The van der Waals surface area contributed by atoms with E-state index in [9.17, 15) is 0 Å². The molecule has 1 aliphatic rings. The van der Waals surface area contributed by atoms with E-state index in [4.69, 9.17) is 0 Å². The van der Waals surface area contributed by atoms with E-state index in [2.05, 4.69) is 146 Å². The van der Waals surface area contributed by atoms with E-state index in [1.807, 2.05) is 0 Å². The van der Waals surface area contributed by atoms with Gasteiger partial charge in [0.15, 0.2) is 0 Å². The highest BCUT2D eigenvalue weighted by Gasteiger charge is 2.42. The molecule has 49 heavy (non-hydrogen) atoms. The SMILES string of the molecule is CCCCCCC1(CCCCC)c2ccccc2-c2cc3c4ccccc4n(-c4ccc5c6ccccc6c6ccccc6c5c4)c3cc21. The molecule has 1 nitrogen and oxygen atoms in total. The summed E-state index contributed by atoms with van der Waals surface area (Å²) in [5.74, 6) is 0. The van der Waals surface area contributed by atoms with Crippen molar-refractivity contribution in [2.75, 3.05) is 0 Å². The largest absolute Gasteiger partial charge is 0.309 e. The minimum absolute atomic E-state index is 0.0583. The van der Waals surface area contributed by atoms with Crippen LogP contribution in [0.2, 0.25) is 0 Å². The maximum atomic E-state index is 2.62. The van der Waals surface area contributed by atoms with Crippen LogP contribution < -0.4 is 0 Å². The monoisotopic (exact) mass is 635 g/mol. The van der Waals surface area contributed by atoms with Gasteiger partial charge in [0.1, 0.15) is 0 Å². The number of fused-ring (bicyclic) bond motifs is 12. The molecule has 0 spiro atoms. The van der Waals surface area contributed by atoms with Crippen LogP contribution in [0.1, 0.15) is 82.8 Å². The Morgan fingerprint density at radius 2 is 0.980 bits per heavy atom. The molecule has 0 radical (unpaired) electrons. The van der Waals surface area contributed by atoms with Crippen LogP contribution in [0.15, 0.2) is 127 Å². The van der Waals surface area contributed by atoms with E-state index in [0.29, 0.717) is 0 Å². The van der Waals surface area contributed by atoms with Crippen molar-refractivity contribution in [2.45, 2.75) is 77.0 Å². The molecular weight excluding hydrogens is 591 g/mol. The van der Waals surface area contributed by atoms with Gasteiger partial charge in [-0.05, 0) is 97.7 Å². The second kappa shape index (κ2) is 12.2. The van der Waals surface area contributed by atoms with Crippen LogP contribution in [-0.2, 0) is 5.41 Å². The Bertz CT molecular complexity index is 2480. The molecule has 8 aromatic rings. The fourth-order valence-electron chi connectivity index (χ4n) is 9.42. The molecule has 0 saturated heterocycles. The summed E-state index contributed by atoms with van der Waals surface area (Å²) in [5, 5.41) is 10.6. The van der Waals surface area contributed by atoms with Gasteiger partial charge in [-0.3, -0.25) is 0 Å². The minimum atomic E-state index is 0.0583. The highest BCUT2D eigenvalue weighted by Crippen LogP contribution is 2.56. The van der Waals surface area contributed by atoms with E-state index in [1.54, 1.807) is 11.1 Å². The van der Waals surface area contributed by atoms with Crippen molar-refractivity contribution in [3.8, 4) is 16.8 Å². The van der Waals surface area contributed by atoms with Crippen LogP contribution >= 0.6 is 0 Å². The zero-order valence-electron chi connectivity index (χ0n) is 28.9. The number of unbranched alkanes of at least 4 members (excludes halogenated alkanes) is 5. The first kappa shape index (κ1) is 30.2. The molecule has 1 heterocycles. The summed E-state index contributed by atoms with van der Waals surface area (Å²) in [7, 11) is 0. The van der Waals surface area contributed by atoms with Crippen LogP contribution in [0, 0.1) is 0 Å². The van der Waals surface area contributed by atoms with E-state index in [-0.39, 0.29) is 5.41 Å². The van der Waals surface area contributed by atoms with E-state index < -0.39 is 0 Å². The van der Waals surface area contributed by atoms with E-state index in [1.165, 1.54) is 129 Å². The fraction of sp³-hybridized carbons (Fsp3) is 0.250. The first-order chi connectivity index (χ1) is 24.2. The van der Waals surface area contributed by atoms with Crippen LogP contribution in [0.3, 0.4) is 0 Å². The molecule has 0 bridgehead atoms. The van der Waals surface area contributed by atoms with Crippen molar-refractivity contribution in [1.29, 1.82) is 0 Å². The molecule has 9 rings (SSSR count). The Hall–Kier alpha value is -4.88. The lowest BCUT2D eigenvalue weighted by Crippen LogP contribution is -2.25. The Morgan fingerprint density at radius 3 is 1.69 bits per heavy atom. The molecule has 0 saturated carbocycles. The molecule has 242 valence electrons. The van der Waals surface area contributed by atoms with Gasteiger partial charge in [-0.15, -0.1) is 0 Å². The minimum Gasteiger partial charge on any atom is -0.309 e. The summed E-state index contributed by atoms with van der Waals surface area (Å²) in [5.41, 5.74) is 9.91. The number of hydrogen-bond acceptors (Lipinski definition) is 0. The van der Waals surface area contributed by atoms with Crippen molar-refractivity contribution >= 4 is 54.1 Å². The van der Waals surface area contributed by atoms with E-state index in [0.717, 1.165) is 0 Å². The van der Waals surface area contributed by atoms with Gasteiger partial charge >= 0.3 is 0 Å².